The fraction of sp³-hybridized carbons (Fsp3) is 0.346. The van der Waals surface area contributed by atoms with Gasteiger partial charge in [0.05, 0.1) is 16.8 Å². The summed E-state index contributed by atoms with van der Waals surface area (Å²) in [5, 5.41) is 9.73. The van der Waals surface area contributed by atoms with E-state index in [-0.39, 0.29) is 24.7 Å². The van der Waals surface area contributed by atoms with Gasteiger partial charge in [-0.15, -0.1) is 0 Å². The number of carbonyl (C=O) groups excluding carboxylic acids is 2. The van der Waals surface area contributed by atoms with Gasteiger partial charge in [-0.25, -0.2) is 4.79 Å². The molecule has 1 aliphatic heterocycles. The summed E-state index contributed by atoms with van der Waals surface area (Å²) in [6.07, 6.45) is 1.56. The number of piperazine rings is 1. The molecule has 0 aromatic heterocycles. The monoisotopic (exact) mass is 589 g/mol. The second kappa shape index (κ2) is 13.0. The van der Waals surface area contributed by atoms with E-state index in [9.17, 15) is 14.9 Å². The minimum atomic E-state index is -0.473. The lowest BCUT2D eigenvalue weighted by Crippen LogP contribution is -2.49. The minimum Gasteiger partial charge on any atom is -0.490 e. The molecule has 0 spiro atoms. The van der Waals surface area contributed by atoms with Crippen molar-refractivity contribution in [3.63, 3.8) is 0 Å². The van der Waals surface area contributed by atoms with Crippen LogP contribution >= 0.6 is 22.6 Å². The van der Waals surface area contributed by atoms with E-state index in [1.165, 1.54) is 0 Å². The average Bonchev–Trinajstić information content (AvgIpc) is 2.87. The molecule has 1 amide bonds. The first-order valence-electron chi connectivity index (χ1n) is 11.4. The Hall–Kier alpha value is -3.26. The van der Waals surface area contributed by atoms with E-state index >= 15 is 0 Å². The summed E-state index contributed by atoms with van der Waals surface area (Å²) in [4.78, 5) is 28.7. The maximum atomic E-state index is 13.1. The van der Waals surface area contributed by atoms with Crippen LogP contribution in [0.2, 0.25) is 0 Å². The highest BCUT2D eigenvalue weighted by molar-refractivity contribution is 14.1. The van der Waals surface area contributed by atoms with Crippen LogP contribution in [0.4, 0.5) is 5.69 Å². The molecule has 1 saturated heterocycles. The zero-order valence-electron chi connectivity index (χ0n) is 19.8. The number of amides is 1. The zero-order chi connectivity index (χ0) is 25.2. The van der Waals surface area contributed by atoms with Gasteiger partial charge in [0, 0.05) is 31.9 Å². The van der Waals surface area contributed by atoms with E-state index in [1.54, 1.807) is 30.0 Å². The third-order valence-corrected chi connectivity index (χ3v) is 6.12. The first kappa shape index (κ1) is 26.3. The summed E-state index contributed by atoms with van der Waals surface area (Å²) in [6.45, 7) is 6.46. The highest BCUT2D eigenvalue weighted by atomic mass is 127. The second-order valence-electron chi connectivity index (χ2n) is 7.64. The van der Waals surface area contributed by atoms with Gasteiger partial charge in [0.2, 0.25) is 0 Å². The van der Waals surface area contributed by atoms with E-state index in [0.29, 0.717) is 53.4 Å². The molecular weight excluding hydrogens is 561 g/mol. The summed E-state index contributed by atoms with van der Waals surface area (Å²) in [5.74, 6) is 0.0750. The van der Waals surface area contributed by atoms with Crippen LogP contribution < -0.4 is 14.4 Å². The maximum Gasteiger partial charge on any atom is 0.344 e. The molecule has 2 aromatic carbocycles. The van der Waals surface area contributed by atoms with Crippen molar-refractivity contribution in [3.05, 3.63) is 57.2 Å². The lowest BCUT2D eigenvalue weighted by atomic mass is 10.1. The van der Waals surface area contributed by atoms with Crippen LogP contribution in [0.3, 0.4) is 0 Å². The number of hydrogen-bond donors (Lipinski definition) is 0. The number of halogens is 1. The third kappa shape index (κ3) is 7.11. The fourth-order valence-electron chi connectivity index (χ4n) is 3.69. The van der Waals surface area contributed by atoms with E-state index in [4.69, 9.17) is 14.2 Å². The van der Waals surface area contributed by atoms with E-state index in [0.717, 1.165) is 5.69 Å². The first-order chi connectivity index (χ1) is 17.0. The lowest BCUT2D eigenvalue weighted by Gasteiger charge is -2.36. The van der Waals surface area contributed by atoms with Gasteiger partial charge >= 0.3 is 5.97 Å². The third-order valence-electron chi connectivity index (χ3n) is 5.32. The van der Waals surface area contributed by atoms with Gasteiger partial charge < -0.3 is 24.0 Å². The van der Waals surface area contributed by atoms with Crippen LogP contribution in [0, 0.1) is 14.9 Å². The van der Waals surface area contributed by atoms with Crippen molar-refractivity contribution in [2.75, 3.05) is 50.9 Å². The molecule has 35 heavy (non-hydrogen) atoms. The molecule has 0 saturated carbocycles. The molecular formula is C26H28IN3O5. The summed E-state index contributed by atoms with van der Waals surface area (Å²) >= 11 is 2.08. The smallest absolute Gasteiger partial charge is 0.344 e. The van der Waals surface area contributed by atoms with Crippen molar-refractivity contribution in [1.82, 2.24) is 4.90 Å². The van der Waals surface area contributed by atoms with Gasteiger partial charge in [-0.05, 0) is 72.3 Å². The van der Waals surface area contributed by atoms with Gasteiger partial charge in [0.25, 0.3) is 5.91 Å². The van der Waals surface area contributed by atoms with E-state index in [1.807, 2.05) is 25.1 Å². The predicted octanol–water partition coefficient (Wildman–Crippen LogP) is 3.89. The first-order valence-corrected chi connectivity index (χ1v) is 12.5. The number of carbonyl (C=O) groups is 2. The molecule has 184 valence electrons. The minimum absolute atomic E-state index is 0.0524. The average molecular weight is 589 g/mol. The lowest BCUT2D eigenvalue weighted by molar-refractivity contribution is -0.145. The SMILES string of the molecule is CCOC(=O)COc1c(I)cc(/C=C(/C#N)C(=O)N2CCN(c3ccccc3)CC2)cc1OCC. The second-order valence-corrected chi connectivity index (χ2v) is 8.80. The molecule has 0 bridgehead atoms. The molecule has 9 heteroatoms. The maximum absolute atomic E-state index is 13.1. The van der Waals surface area contributed by atoms with Crippen molar-refractivity contribution in [1.29, 1.82) is 5.26 Å². The molecule has 0 radical (unpaired) electrons. The summed E-state index contributed by atoms with van der Waals surface area (Å²) in [6, 6.07) is 15.6. The number of ether oxygens (including phenoxy) is 3. The summed E-state index contributed by atoms with van der Waals surface area (Å²) < 4.78 is 16.9. The van der Waals surface area contributed by atoms with E-state index in [2.05, 4.69) is 45.7 Å². The Morgan fingerprint density at radius 1 is 1.06 bits per heavy atom. The largest absolute Gasteiger partial charge is 0.490 e. The van der Waals surface area contributed by atoms with Crippen molar-refractivity contribution >= 4 is 46.2 Å². The van der Waals surface area contributed by atoms with Crippen LogP contribution in [-0.2, 0) is 14.3 Å². The van der Waals surface area contributed by atoms with Crippen LogP contribution in [-0.4, -0.2) is 62.8 Å². The number of nitriles is 1. The van der Waals surface area contributed by atoms with Crippen LogP contribution in [0.5, 0.6) is 11.5 Å². The number of anilines is 1. The molecule has 0 atom stereocenters. The number of benzene rings is 2. The van der Waals surface area contributed by atoms with Gasteiger partial charge in [-0.3, -0.25) is 4.79 Å². The van der Waals surface area contributed by atoms with Crippen LogP contribution in [0.15, 0.2) is 48.0 Å². The van der Waals surface area contributed by atoms with Gasteiger partial charge in [0.15, 0.2) is 18.1 Å². The van der Waals surface area contributed by atoms with Crippen molar-refractivity contribution in [2.45, 2.75) is 13.8 Å². The normalized spacial score (nSPS) is 13.7. The topological polar surface area (TPSA) is 92.1 Å². The van der Waals surface area contributed by atoms with Gasteiger partial charge in [0.1, 0.15) is 11.6 Å². The molecule has 8 nitrogen and oxygen atoms in total. The summed E-state index contributed by atoms with van der Waals surface area (Å²) in [5.41, 5.74) is 1.81. The Morgan fingerprint density at radius 3 is 2.40 bits per heavy atom. The Labute approximate surface area is 219 Å². The molecule has 3 rings (SSSR count). The standard InChI is InChI=1S/C26H28IN3O5/c1-3-33-23-16-19(15-22(27)25(23)35-18-24(31)34-4-2)14-20(17-28)26(32)30-12-10-29(11-13-30)21-8-6-5-7-9-21/h5-9,14-16H,3-4,10-13,18H2,1-2H3/b20-14-. The molecule has 1 heterocycles. The molecule has 1 fully saturated rings. The van der Waals surface area contributed by atoms with Crippen LogP contribution in [0.1, 0.15) is 19.4 Å². The van der Waals surface area contributed by atoms with Crippen LogP contribution in [0.25, 0.3) is 6.08 Å². The van der Waals surface area contributed by atoms with Crippen molar-refractivity contribution in [3.8, 4) is 17.6 Å². The number of rotatable bonds is 9. The van der Waals surface area contributed by atoms with Gasteiger partial charge in [-0.1, -0.05) is 18.2 Å². The Kier molecular flexibility index (Phi) is 9.78. The Morgan fingerprint density at radius 2 is 1.77 bits per heavy atom. The Bertz CT molecular complexity index is 1110. The highest BCUT2D eigenvalue weighted by Gasteiger charge is 2.24. The summed E-state index contributed by atoms with van der Waals surface area (Å²) in [7, 11) is 0. The number of hydrogen-bond acceptors (Lipinski definition) is 7. The van der Waals surface area contributed by atoms with Crippen molar-refractivity contribution < 1.29 is 23.8 Å². The predicted molar refractivity (Wildman–Crippen MR) is 141 cm³/mol. The zero-order valence-corrected chi connectivity index (χ0v) is 22.0. The molecule has 0 unspecified atom stereocenters. The molecule has 1 aliphatic rings. The molecule has 0 aliphatic carbocycles. The molecule has 2 aromatic rings. The molecule has 0 N–H and O–H groups in total. The highest BCUT2D eigenvalue weighted by Crippen LogP contribution is 2.35. The fourth-order valence-corrected chi connectivity index (χ4v) is 4.47. The number of para-hydroxylation sites is 1. The van der Waals surface area contributed by atoms with Crippen molar-refractivity contribution in [2.24, 2.45) is 0 Å². The quantitative estimate of drug-likeness (QED) is 0.190. The van der Waals surface area contributed by atoms with Gasteiger partial charge in [-0.2, -0.15) is 5.26 Å². The van der Waals surface area contributed by atoms with E-state index < -0.39 is 5.97 Å². The Balaban J connectivity index is 1.74. The number of nitrogens with zero attached hydrogens (tertiary/aromatic N) is 3. The number of esters is 1.